The summed E-state index contributed by atoms with van der Waals surface area (Å²) >= 11 is 0. The first-order valence-electron chi connectivity index (χ1n) is 9.10. The molecule has 1 saturated heterocycles. The number of pyridine rings is 1. The van der Waals surface area contributed by atoms with Gasteiger partial charge in [0, 0.05) is 44.2 Å². The van der Waals surface area contributed by atoms with Gasteiger partial charge < -0.3 is 9.80 Å². The lowest BCUT2D eigenvalue weighted by Crippen LogP contribution is -2.50. The van der Waals surface area contributed by atoms with Crippen LogP contribution in [0.15, 0.2) is 24.3 Å². The van der Waals surface area contributed by atoms with Crippen molar-refractivity contribution in [2.45, 2.75) is 32.6 Å². The Morgan fingerprint density at radius 3 is 2.40 bits per heavy atom. The number of carbonyl (C=O) groups is 2. The number of carbonyl (C=O) groups excluding carboxylic acids is 2. The lowest BCUT2D eigenvalue weighted by atomic mass is 9.89. The lowest BCUT2D eigenvalue weighted by molar-refractivity contribution is -0.130. The van der Waals surface area contributed by atoms with Gasteiger partial charge in [-0.1, -0.05) is 18.2 Å². The van der Waals surface area contributed by atoms with Crippen LogP contribution in [0.1, 0.15) is 41.4 Å². The van der Waals surface area contributed by atoms with Crippen LogP contribution in [0.5, 0.6) is 0 Å². The molecule has 1 fully saturated rings. The fourth-order valence-electron chi connectivity index (χ4n) is 4.00. The summed E-state index contributed by atoms with van der Waals surface area (Å²) in [5.74, 6) is 0.179. The third kappa shape index (κ3) is 2.88. The lowest BCUT2D eigenvalue weighted by Gasteiger charge is -2.35. The first-order chi connectivity index (χ1) is 12.1. The van der Waals surface area contributed by atoms with Gasteiger partial charge in [0.25, 0.3) is 5.91 Å². The van der Waals surface area contributed by atoms with Gasteiger partial charge in [0.05, 0.1) is 11.1 Å². The molecule has 0 spiro atoms. The SMILES string of the molecule is CC(=O)N1CCN(C(=O)c2c3c(nc4ccccc24)CCCC3)CC1. The first kappa shape index (κ1) is 16.1. The molecule has 1 aliphatic heterocycles. The molecular weight excluding hydrogens is 314 g/mol. The van der Waals surface area contributed by atoms with Gasteiger partial charge in [0.1, 0.15) is 0 Å². The summed E-state index contributed by atoms with van der Waals surface area (Å²) in [5, 5.41) is 0.960. The van der Waals surface area contributed by atoms with Gasteiger partial charge in [-0.2, -0.15) is 0 Å². The molecule has 25 heavy (non-hydrogen) atoms. The van der Waals surface area contributed by atoms with E-state index in [-0.39, 0.29) is 11.8 Å². The van der Waals surface area contributed by atoms with E-state index in [2.05, 4.69) is 0 Å². The number of para-hydroxylation sites is 1. The molecule has 2 amide bonds. The molecule has 5 heteroatoms. The molecule has 5 nitrogen and oxygen atoms in total. The van der Waals surface area contributed by atoms with Crippen molar-refractivity contribution in [1.82, 2.24) is 14.8 Å². The van der Waals surface area contributed by atoms with Crippen molar-refractivity contribution in [2.24, 2.45) is 0 Å². The van der Waals surface area contributed by atoms with Crippen LogP contribution < -0.4 is 0 Å². The highest BCUT2D eigenvalue weighted by atomic mass is 16.2. The van der Waals surface area contributed by atoms with Crippen molar-refractivity contribution in [3.8, 4) is 0 Å². The highest BCUT2D eigenvalue weighted by molar-refractivity contribution is 6.07. The standard InChI is InChI=1S/C20H23N3O2/c1-14(24)22-10-12-23(13-11-22)20(25)19-15-6-2-4-8-17(15)21-18-9-5-3-7-16(18)19/h2,4,6,8H,3,5,7,9-13H2,1H3. The number of benzene rings is 1. The molecule has 130 valence electrons. The van der Waals surface area contributed by atoms with Crippen molar-refractivity contribution in [1.29, 1.82) is 0 Å². The Morgan fingerprint density at radius 2 is 1.64 bits per heavy atom. The van der Waals surface area contributed by atoms with Crippen LogP contribution in [0.2, 0.25) is 0 Å². The molecule has 2 aliphatic rings. The third-order valence-corrected chi connectivity index (χ3v) is 5.40. The highest BCUT2D eigenvalue weighted by Gasteiger charge is 2.28. The van der Waals surface area contributed by atoms with E-state index in [1.165, 1.54) is 0 Å². The second-order valence-electron chi connectivity index (χ2n) is 6.93. The molecular formula is C20H23N3O2. The number of nitrogens with zero attached hydrogens (tertiary/aromatic N) is 3. The largest absolute Gasteiger partial charge is 0.339 e. The van der Waals surface area contributed by atoms with Gasteiger partial charge in [-0.15, -0.1) is 0 Å². The van der Waals surface area contributed by atoms with Crippen LogP contribution in [0.3, 0.4) is 0 Å². The van der Waals surface area contributed by atoms with Crippen molar-refractivity contribution >= 4 is 22.7 Å². The number of aromatic nitrogens is 1. The van der Waals surface area contributed by atoms with Gasteiger partial charge >= 0.3 is 0 Å². The monoisotopic (exact) mass is 337 g/mol. The molecule has 2 aromatic rings. The minimum atomic E-state index is 0.0823. The summed E-state index contributed by atoms with van der Waals surface area (Å²) in [6, 6.07) is 7.96. The highest BCUT2D eigenvalue weighted by Crippen LogP contribution is 2.30. The average Bonchev–Trinajstić information content (AvgIpc) is 2.65. The van der Waals surface area contributed by atoms with E-state index in [0.717, 1.165) is 53.4 Å². The van der Waals surface area contributed by atoms with E-state index in [0.29, 0.717) is 26.2 Å². The Labute approximate surface area is 147 Å². The van der Waals surface area contributed by atoms with Crippen molar-refractivity contribution in [3.63, 3.8) is 0 Å². The van der Waals surface area contributed by atoms with Crippen molar-refractivity contribution in [2.75, 3.05) is 26.2 Å². The minimum absolute atomic E-state index is 0.0823. The fourth-order valence-corrected chi connectivity index (χ4v) is 4.00. The molecule has 4 rings (SSSR count). The maximum Gasteiger partial charge on any atom is 0.255 e. The normalized spacial score (nSPS) is 17.5. The number of amides is 2. The number of hydrogen-bond donors (Lipinski definition) is 0. The maximum atomic E-state index is 13.4. The quantitative estimate of drug-likeness (QED) is 0.803. The van der Waals surface area contributed by atoms with E-state index in [4.69, 9.17) is 4.98 Å². The molecule has 0 unspecified atom stereocenters. The smallest absolute Gasteiger partial charge is 0.255 e. The zero-order valence-electron chi connectivity index (χ0n) is 14.6. The molecule has 2 heterocycles. The minimum Gasteiger partial charge on any atom is -0.339 e. The fraction of sp³-hybridized carbons (Fsp3) is 0.450. The summed E-state index contributed by atoms with van der Waals surface area (Å²) < 4.78 is 0. The average molecular weight is 337 g/mol. The Balaban J connectivity index is 1.73. The summed E-state index contributed by atoms with van der Waals surface area (Å²) in [6.07, 6.45) is 4.15. The molecule has 0 atom stereocenters. The maximum absolute atomic E-state index is 13.4. The van der Waals surface area contributed by atoms with E-state index < -0.39 is 0 Å². The number of aryl methyl sites for hydroxylation is 1. The first-order valence-corrected chi connectivity index (χ1v) is 9.10. The Morgan fingerprint density at radius 1 is 0.960 bits per heavy atom. The number of piperazine rings is 1. The van der Waals surface area contributed by atoms with Crippen LogP contribution >= 0.6 is 0 Å². The Kier molecular flexibility index (Phi) is 4.15. The summed E-state index contributed by atoms with van der Waals surface area (Å²) in [5.41, 5.74) is 3.99. The van der Waals surface area contributed by atoms with E-state index in [1.807, 2.05) is 34.1 Å². The van der Waals surface area contributed by atoms with E-state index in [1.54, 1.807) is 6.92 Å². The Bertz CT molecular complexity index is 838. The van der Waals surface area contributed by atoms with E-state index >= 15 is 0 Å². The second kappa shape index (κ2) is 6.47. The van der Waals surface area contributed by atoms with Crippen LogP contribution in [0.4, 0.5) is 0 Å². The second-order valence-corrected chi connectivity index (χ2v) is 6.93. The van der Waals surface area contributed by atoms with Gasteiger partial charge in [-0.25, -0.2) is 0 Å². The van der Waals surface area contributed by atoms with Gasteiger partial charge in [0.15, 0.2) is 0 Å². The zero-order chi connectivity index (χ0) is 17.4. The van der Waals surface area contributed by atoms with E-state index in [9.17, 15) is 9.59 Å². The summed E-state index contributed by atoms with van der Waals surface area (Å²) in [6.45, 7) is 4.02. The number of hydrogen-bond acceptors (Lipinski definition) is 3. The third-order valence-electron chi connectivity index (χ3n) is 5.40. The molecule has 0 radical (unpaired) electrons. The van der Waals surface area contributed by atoms with Gasteiger partial charge in [-0.05, 0) is 37.3 Å². The molecule has 1 aromatic carbocycles. The summed E-state index contributed by atoms with van der Waals surface area (Å²) in [7, 11) is 0. The number of rotatable bonds is 1. The van der Waals surface area contributed by atoms with Gasteiger partial charge in [0.2, 0.25) is 5.91 Å². The predicted molar refractivity (Wildman–Crippen MR) is 96.5 cm³/mol. The number of fused-ring (bicyclic) bond motifs is 2. The topological polar surface area (TPSA) is 53.5 Å². The van der Waals surface area contributed by atoms with Crippen LogP contribution in [-0.2, 0) is 17.6 Å². The zero-order valence-corrected chi connectivity index (χ0v) is 14.6. The van der Waals surface area contributed by atoms with Crippen LogP contribution in [0.25, 0.3) is 10.9 Å². The summed E-state index contributed by atoms with van der Waals surface area (Å²) in [4.78, 5) is 33.4. The molecule has 0 N–H and O–H groups in total. The van der Waals surface area contributed by atoms with Crippen molar-refractivity contribution < 1.29 is 9.59 Å². The van der Waals surface area contributed by atoms with Crippen LogP contribution in [-0.4, -0.2) is 52.8 Å². The molecule has 0 saturated carbocycles. The van der Waals surface area contributed by atoms with Crippen molar-refractivity contribution in [3.05, 3.63) is 41.1 Å². The molecule has 1 aromatic heterocycles. The van der Waals surface area contributed by atoms with Crippen LogP contribution in [0, 0.1) is 0 Å². The molecule has 1 aliphatic carbocycles. The predicted octanol–water partition coefficient (Wildman–Crippen LogP) is 2.42. The van der Waals surface area contributed by atoms with Gasteiger partial charge in [-0.3, -0.25) is 14.6 Å². The Hall–Kier alpha value is -2.43. The molecule has 0 bridgehead atoms.